The van der Waals surface area contributed by atoms with Crippen LogP contribution in [0.2, 0.25) is 0 Å². The van der Waals surface area contributed by atoms with Gasteiger partial charge in [0.25, 0.3) is 5.91 Å². The van der Waals surface area contributed by atoms with E-state index in [0.717, 1.165) is 18.4 Å². The Morgan fingerprint density at radius 3 is 2.67 bits per heavy atom. The Balaban J connectivity index is 1.82. The lowest BCUT2D eigenvalue weighted by molar-refractivity contribution is 0.0751. The van der Waals surface area contributed by atoms with Crippen LogP contribution >= 0.6 is 0 Å². The first-order valence-corrected chi connectivity index (χ1v) is 8.82. The molecule has 1 heterocycles. The van der Waals surface area contributed by atoms with Crippen molar-refractivity contribution in [2.24, 2.45) is 0 Å². The van der Waals surface area contributed by atoms with Gasteiger partial charge in [-0.1, -0.05) is 18.2 Å². The molecule has 0 aromatic heterocycles. The summed E-state index contributed by atoms with van der Waals surface area (Å²) >= 11 is 0. The van der Waals surface area contributed by atoms with Crippen molar-refractivity contribution in [1.29, 1.82) is 0 Å². The third-order valence-corrected chi connectivity index (χ3v) is 6.19. The van der Waals surface area contributed by atoms with Crippen LogP contribution in [0, 0.1) is 0 Å². The van der Waals surface area contributed by atoms with Gasteiger partial charge in [-0.2, -0.15) is 0 Å². The molecule has 0 unspecified atom stereocenters. The molecule has 0 spiro atoms. The van der Waals surface area contributed by atoms with Gasteiger partial charge in [-0.15, -0.1) is 0 Å². The number of amides is 1. The molecule has 2 atom stereocenters. The van der Waals surface area contributed by atoms with Crippen LogP contribution in [0.1, 0.15) is 41.8 Å². The number of hydrogen-bond donors (Lipinski definition) is 0. The molecular formula is C17H21NO2S. The predicted octanol–water partition coefficient (Wildman–Crippen LogP) is 2.63. The summed E-state index contributed by atoms with van der Waals surface area (Å²) in [5.41, 5.74) is 3.24. The monoisotopic (exact) mass is 303 g/mol. The van der Waals surface area contributed by atoms with Crippen molar-refractivity contribution in [3.05, 3.63) is 41.0 Å². The smallest absolute Gasteiger partial charge is 0.253 e. The van der Waals surface area contributed by atoms with Crippen LogP contribution in [-0.2, 0) is 17.2 Å². The second-order valence-corrected chi connectivity index (χ2v) is 8.28. The molecule has 3 nitrogen and oxygen atoms in total. The highest BCUT2D eigenvalue weighted by Gasteiger charge is 2.31. The molecule has 1 saturated heterocycles. The Hall–Kier alpha value is -1.42. The maximum Gasteiger partial charge on any atom is 0.253 e. The molecule has 21 heavy (non-hydrogen) atoms. The molecule has 1 aliphatic heterocycles. The normalized spacial score (nSPS) is 25.7. The Morgan fingerprint density at radius 1 is 1.24 bits per heavy atom. The number of allylic oxidation sites excluding steroid dienone is 1. The summed E-state index contributed by atoms with van der Waals surface area (Å²) in [6.07, 6.45) is 6.35. The topological polar surface area (TPSA) is 37.4 Å². The van der Waals surface area contributed by atoms with Crippen molar-refractivity contribution < 1.29 is 9.00 Å². The average molecular weight is 303 g/mol. The largest absolute Gasteiger partial charge is 0.336 e. The van der Waals surface area contributed by atoms with Gasteiger partial charge in [0.2, 0.25) is 0 Å². The summed E-state index contributed by atoms with van der Waals surface area (Å²) in [5.74, 6) is 0.0720. The Morgan fingerprint density at radius 2 is 1.95 bits per heavy atom. The highest BCUT2D eigenvalue weighted by atomic mass is 32.2. The number of carbonyl (C=O) groups is 1. The first kappa shape index (κ1) is 14.5. The highest BCUT2D eigenvalue weighted by molar-refractivity contribution is 7.86. The van der Waals surface area contributed by atoms with Gasteiger partial charge in [0, 0.05) is 40.0 Å². The minimum Gasteiger partial charge on any atom is -0.336 e. The summed E-state index contributed by atoms with van der Waals surface area (Å²) in [5, 5.41) is 0.108. The molecule has 1 amide bonds. The number of nitrogens with zero attached hydrogens (tertiary/aromatic N) is 1. The molecule has 112 valence electrons. The van der Waals surface area contributed by atoms with Gasteiger partial charge in [-0.25, -0.2) is 0 Å². The number of fused-ring (bicyclic) bond motifs is 1. The number of carbonyl (C=O) groups excluding carboxylic acids is 1. The number of benzene rings is 1. The summed E-state index contributed by atoms with van der Waals surface area (Å²) in [6.45, 7) is 5.10. The van der Waals surface area contributed by atoms with Gasteiger partial charge in [0.15, 0.2) is 0 Å². The molecule has 1 aliphatic carbocycles. The standard InChI is InChI=1S/C17H21NO2S/c1-12-10-18(11-13(2)21(12)20)17(19)16-8-7-14-5-3-4-6-15(14)9-16/h3,5,7-9,12-13H,4,6,10-11H2,1-2H3/t12-,13-/m0/s1. The van der Waals surface area contributed by atoms with Gasteiger partial charge >= 0.3 is 0 Å². The van der Waals surface area contributed by atoms with Gasteiger partial charge in [0.1, 0.15) is 0 Å². The van der Waals surface area contributed by atoms with E-state index in [0.29, 0.717) is 13.1 Å². The number of rotatable bonds is 1. The van der Waals surface area contributed by atoms with E-state index in [1.807, 2.05) is 36.9 Å². The van der Waals surface area contributed by atoms with Crippen molar-refractivity contribution in [2.75, 3.05) is 13.1 Å². The van der Waals surface area contributed by atoms with Crippen LogP contribution in [0.5, 0.6) is 0 Å². The number of aryl methyl sites for hydroxylation is 1. The van der Waals surface area contributed by atoms with E-state index in [1.165, 1.54) is 11.1 Å². The fourth-order valence-corrected chi connectivity index (χ4v) is 4.60. The Bertz CT molecular complexity index is 609. The van der Waals surface area contributed by atoms with E-state index in [9.17, 15) is 9.00 Å². The van der Waals surface area contributed by atoms with Crippen LogP contribution < -0.4 is 0 Å². The molecule has 1 aromatic rings. The van der Waals surface area contributed by atoms with Gasteiger partial charge in [-0.3, -0.25) is 9.00 Å². The summed E-state index contributed by atoms with van der Waals surface area (Å²) in [4.78, 5) is 14.6. The third kappa shape index (κ3) is 2.82. The second-order valence-electron chi connectivity index (χ2n) is 6.01. The zero-order chi connectivity index (χ0) is 15.0. The fraction of sp³-hybridized carbons (Fsp3) is 0.471. The lowest BCUT2D eigenvalue weighted by Crippen LogP contribution is -2.49. The van der Waals surface area contributed by atoms with Crippen LogP contribution in [-0.4, -0.2) is 38.6 Å². The van der Waals surface area contributed by atoms with E-state index < -0.39 is 10.8 Å². The molecule has 0 N–H and O–H groups in total. The van der Waals surface area contributed by atoms with E-state index in [1.54, 1.807) is 0 Å². The second kappa shape index (κ2) is 5.76. The van der Waals surface area contributed by atoms with Crippen molar-refractivity contribution >= 4 is 22.8 Å². The zero-order valence-corrected chi connectivity index (χ0v) is 13.4. The lowest BCUT2D eigenvalue weighted by Gasteiger charge is -2.34. The minimum atomic E-state index is -0.828. The third-order valence-electron chi connectivity index (χ3n) is 4.30. The zero-order valence-electron chi connectivity index (χ0n) is 12.5. The maximum absolute atomic E-state index is 12.7. The van der Waals surface area contributed by atoms with Crippen molar-refractivity contribution in [3.63, 3.8) is 0 Å². The van der Waals surface area contributed by atoms with Gasteiger partial charge in [-0.05, 0) is 49.9 Å². The lowest BCUT2D eigenvalue weighted by atomic mass is 9.95. The summed E-state index contributed by atoms with van der Waals surface area (Å²) < 4.78 is 12.0. The molecule has 1 fully saturated rings. The van der Waals surface area contributed by atoms with Crippen LogP contribution in [0.15, 0.2) is 24.3 Å². The average Bonchev–Trinajstić information content (AvgIpc) is 2.51. The molecule has 1 aromatic carbocycles. The molecule has 0 saturated carbocycles. The van der Waals surface area contributed by atoms with Crippen molar-refractivity contribution in [1.82, 2.24) is 4.90 Å². The molecule has 3 rings (SSSR count). The fourth-order valence-electron chi connectivity index (χ4n) is 3.15. The Labute approximate surface area is 128 Å². The predicted molar refractivity (Wildman–Crippen MR) is 86.8 cm³/mol. The van der Waals surface area contributed by atoms with Crippen LogP contribution in [0.4, 0.5) is 0 Å². The molecule has 0 radical (unpaired) electrons. The van der Waals surface area contributed by atoms with Crippen molar-refractivity contribution in [3.8, 4) is 0 Å². The first-order chi connectivity index (χ1) is 10.1. The maximum atomic E-state index is 12.7. The summed E-state index contributed by atoms with van der Waals surface area (Å²) in [6, 6.07) is 5.98. The first-order valence-electron chi connectivity index (χ1n) is 7.54. The molecule has 4 heteroatoms. The molecule has 0 bridgehead atoms. The van der Waals surface area contributed by atoms with Crippen LogP contribution in [0.25, 0.3) is 6.08 Å². The summed E-state index contributed by atoms with van der Waals surface area (Å²) in [7, 11) is -0.828. The van der Waals surface area contributed by atoms with E-state index in [2.05, 4.69) is 12.2 Å². The van der Waals surface area contributed by atoms with Crippen molar-refractivity contribution in [2.45, 2.75) is 37.2 Å². The minimum absolute atomic E-state index is 0.0539. The SMILES string of the molecule is C[C@H]1CN(C(=O)c2ccc3c(c2)CCC=C3)C[C@H](C)S1=O. The molecule has 2 aliphatic rings. The van der Waals surface area contributed by atoms with Gasteiger partial charge < -0.3 is 4.90 Å². The Kier molecular flexibility index (Phi) is 3.98. The van der Waals surface area contributed by atoms with E-state index in [-0.39, 0.29) is 16.4 Å². The van der Waals surface area contributed by atoms with E-state index in [4.69, 9.17) is 0 Å². The van der Waals surface area contributed by atoms with E-state index >= 15 is 0 Å². The molecular weight excluding hydrogens is 282 g/mol. The number of hydrogen-bond acceptors (Lipinski definition) is 2. The quantitative estimate of drug-likeness (QED) is 0.800. The van der Waals surface area contributed by atoms with Crippen LogP contribution in [0.3, 0.4) is 0 Å². The highest BCUT2D eigenvalue weighted by Crippen LogP contribution is 2.23. The van der Waals surface area contributed by atoms with Gasteiger partial charge in [0.05, 0.1) is 0 Å².